The Morgan fingerprint density at radius 1 is 1.37 bits per heavy atom. The van der Waals surface area contributed by atoms with Crippen molar-refractivity contribution in [2.75, 3.05) is 23.7 Å². The summed E-state index contributed by atoms with van der Waals surface area (Å²) >= 11 is 0. The van der Waals surface area contributed by atoms with Crippen molar-refractivity contribution in [1.29, 1.82) is 0 Å². The molecule has 0 saturated carbocycles. The largest absolute Gasteiger partial charge is 0.398 e. The Hall–Kier alpha value is -1.78. The van der Waals surface area contributed by atoms with E-state index in [9.17, 15) is 10.1 Å². The number of non-ortho nitro benzene ring substituents is 1. The average molecular weight is 263 g/mol. The molecule has 1 aliphatic heterocycles. The number of hydrogen-bond donors (Lipinski definition) is 1. The Morgan fingerprint density at radius 2 is 2.05 bits per heavy atom. The van der Waals surface area contributed by atoms with Crippen LogP contribution in [0.25, 0.3) is 0 Å². The van der Waals surface area contributed by atoms with E-state index >= 15 is 0 Å². The molecule has 1 aromatic rings. The van der Waals surface area contributed by atoms with Gasteiger partial charge in [0.15, 0.2) is 0 Å². The topological polar surface area (TPSA) is 72.4 Å². The molecule has 0 amide bonds. The number of hydrogen-bond acceptors (Lipinski definition) is 4. The highest BCUT2D eigenvalue weighted by Gasteiger charge is 2.32. The van der Waals surface area contributed by atoms with Gasteiger partial charge in [-0.25, -0.2) is 0 Å². The van der Waals surface area contributed by atoms with Gasteiger partial charge in [0.2, 0.25) is 0 Å². The minimum absolute atomic E-state index is 0.0641. The monoisotopic (exact) mass is 263 g/mol. The molecule has 2 N–H and O–H groups in total. The highest BCUT2D eigenvalue weighted by atomic mass is 16.6. The molecule has 0 aliphatic carbocycles. The van der Waals surface area contributed by atoms with Crippen LogP contribution in [0.4, 0.5) is 17.1 Å². The Labute approximate surface area is 113 Å². The smallest absolute Gasteiger partial charge is 0.273 e. The lowest BCUT2D eigenvalue weighted by atomic mass is 9.80. The van der Waals surface area contributed by atoms with Crippen LogP contribution >= 0.6 is 0 Å². The molecule has 0 bridgehead atoms. The SMILES string of the molecule is CC(C)(C)C1CCN(c2cc(N)cc([N+](=O)[O-])c2)C1. The van der Waals surface area contributed by atoms with Crippen molar-refractivity contribution in [3.8, 4) is 0 Å². The van der Waals surface area contributed by atoms with Crippen molar-refractivity contribution in [3.05, 3.63) is 28.3 Å². The Bertz CT molecular complexity index is 494. The molecule has 0 spiro atoms. The summed E-state index contributed by atoms with van der Waals surface area (Å²) in [6.45, 7) is 8.58. The zero-order valence-electron chi connectivity index (χ0n) is 11.7. The zero-order valence-corrected chi connectivity index (χ0v) is 11.7. The third kappa shape index (κ3) is 2.97. The average Bonchev–Trinajstić information content (AvgIpc) is 2.76. The van der Waals surface area contributed by atoms with Gasteiger partial charge in [-0.3, -0.25) is 10.1 Å². The summed E-state index contributed by atoms with van der Waals surface area (Å²) in [4.78, 5) is 12.7. The van der Waals surface area contributed by atoms with Gasteiger partial charge in [0.05, 0.1) is 4.92 Å². The lowest BCUT2D eigenvalue weighted by molar-refractivity contribution is -0.384. The second-order valence-electron chi connectivity index (χ2n) is 6.34. The summed E-state index contributed by atoms with van der Waals surface area (Å²) in [5.41, 5.74) is 7.39. The maximum absolute atomic E-state index is 10.9. The molecular weight excluding hydrogens is 242 g/mol. The predicted octanol–water partition coefficient (Wildman–Crippen LogP) is 3.05. The van der Waals surface area contributed by atoms with Crippen molar-refractivity contribution in [3.63, 3.8) is 0 Å². The summed E-state index contributed by atoms with van der Waals surface area (Å²) in [5, 5.41) is 10.9. The Morgan fingerprint density at radius 3 is 2.58 bits per heavy atom. The fourth-order valence-corrected chi connectivity index (χ4v) is 2.61. The molecule has 0 radical (unpaired) electrons. The van der Waals surface area contributed by atoms with Gasteiger partial charge in [-0.15, -0.1) is 0 Å². The highest BCUT2D eigenvalue weighted by molar-refractivity contribution is 5.63. The van der Waals surface area contributed by atoms with Gasteiger partial charge in [0.1, 0.15) is 0 Å². The van der Waals surface area contributed by atoms with E-state index in [2.05, 4.69) is 25.7 Å². The van der Waals surface area contributed by atoms with E-state index in [1.54, 1.807) is 6.07 Å². The third-order valence-electron chi connectivity index (χ3n) is 3.91. The van der Waals surface area contributed by atoms with E-state index in [0.29, 0.717) is 11.6 Å². The molecule has 5 nitrogen and oxygen atoms in total. The van der Waals surface area contributed by atoms with Crippen LogP contribution in [0.2, 0.25) is 0 Å². The van der Waals surface area contributed by atoms with Gasteiger partial charge in [0.25, 0.3) is 5.69 Å². The van der Waals surface area contributed by atoms with Crippen LogP contribution in [-0.4, -0.2) is 18.0 Å². The van der Waals surface area contributed by atoms with Crippen LogP contribution in [0.1, 0.15) is 27.2 Å². The molecule has 1 aromatic carbocycles. The molecule has 2 rings (SSSR count). The maximum atomic E-state index is 10.9. The molecule has 1 aliphatic rings. The lowest BCUT2D eigenvalue weighted by Crippen LogP contribution is -2.25. The first-order chi connectivity index (χ1) is 8.77. The maximum Gasteiger partial charge on any atom is 0.273 e. The molecule has 1 saturated heterocycles. The first-order valence-corrected chi connectivity index (χ1v) is 6.57. The second-order valence-corrected chi connectivity index (χ2v) is 6.34. The molecular formula is C14H21N3O2. The van der Waals surface area contributed by atoms with Crippen LogP contribution in [0.15, 0.2) is 18.2 Å². The van der Waals surface area contributed by atoms with Crippen LogP contribution in [0.5, 0.6) is 0 Å². The summed E-state index contributed by atoms with van der Waals surface area (Å²) in [6, 6.07) is 4.83. The number of anilines is 2. The number of nitrogens with zero attached hydrogens (tertiary/aromatic N) is 2. The number of benzene rings is 1. The Balaban J connectivity index is 2.22. The van der Waals surface area contributed by atoms with Gasteiger partial charge in [-0.2, -0.15) is 0 Å². The number of rotatable bonds is 2. The van der Waals surface area contributed by atoms with Crippen LogP contribution in [-0.2, 0) is 0 Å². The van der Waals surface area contributed by atoms with Crippen LogP contribution in [0, 0.1) is 21.4 Å². The molecule has 0 aromatic heterocycles. The summed E-state index contributed by atoms with van der Waals surface area (Å²) in [7, 11) is 0. The third-order valence-corrected chi connectivity index (χ3v) is 3.91. The predicted molar refractivity (Wildman–Crippen MR) is 77.3 cm³/mol. The van der Waals surface area contributed by atoms with E-state index in [-0.39, 0.29) is 11.1 Å². The van der Waals surface area contributed by atoms with Crippen molar-refractivity contribution in [1.82, 2.24) is 0 Å². The summed E-state index contributed by atoms with van der Waals surface area (Å²) in [5.74, 6) is 0.605. The van der Waals surface area contributed by atoms with Gasteiger partial charge in [-0.05, 0) is 23.8 Å². The second kappa shape index (κ2) is 4.72. The van der Waals surface area contributed by atoms with E-state index in [0.717, 1.165) is 25.2 Å². The molecule has 1 unspecified atom stereocenters. The molecule has 104 valence electrons. The van der Waals surface area contributed by atoms with Gasteiger partial charge < -0.3 is 10.6 Å². The number of nitrogen functional groups attached to an aromatic ring is 1. The van der Waals surface area contributed by atoms with Gasteiger partial charge in [-0.1, -0.05) is 20.8 Å². The van der Waals surface area contributed by atoms with Crippen molar-refractivity contribution in [2.24, 2.45) is 11.3 Å². The zero-order chi connectivity index (χ0) is 14.2. The molecule has 19 heavy (non-hydrogen) atoms. The lowest BCUT2D eigenvalue weighted by Gasteiger charge is -2.27. The fraction of sp³-hybridized carbons (Fsp3) is 0.571. The molecule has 1 atom stereocenters. The molecule has 1 fully saturated rings. The van der Waals surface area contributed by atoms with Crippen LogP contribution in [0.3, 0.4) is 0 Å². The summed E-state index contributed by atoms with van der Waals surface area (Å²) < 4.78 is 0. The fourth-order valence-electron chi connectivity index (χ4n) is 2.61. The number of nitro groups is 1. The van der Waals surface area contributed by atoms with Crippen molar-refractivity contribution in [2.45, 2.75) is 27.2 Å². The van der Waals surface area contributed by atoms with E-state index in [1.165, 1.54) is 6.07 Å². The first kappa shape index (κ1) is 13.6. The Kier molecular flexibility index (Phi) is 3.39. The number of nitrogens with two attached hydrogens (primary N) is 1. The van der Waals surface area contributed by atoms with Gasteiger partial charge >= 0.3 is 0 Å². The van der Waals surface area contributed by atoms with E-state index in [1.807, 2.05) is 6.07 Å². The molecule has 5 heteroatoms. The quantitative estimate of drug-likeness (QED) is 0.505. The van der Waals surface area contributed by atoms with Gasteiger partial charge in [0, 0.05) is 36.6 Å². The first-order valence-electron chi connectivity index (χ1n) is 6.57. The normalized spacial score (nSPS) is 19.7. The van der Waals surface area contributed by atoms with E-state index in [4.69, 9.17) is 5.73 Å². The minimum atomic E-state index is -0.392. The van der Waals surface area contributed by atoms with Crippen LogP contribution < -0.4 is 10.6 Å². The van der Waals surface area contributed by atoms with Crippen molar-refractivity contribution < 1.29 is 4.92 Å². The minimum Gasteiger partial charge on any atom is -0.398 e. The number of nitro benzene ring substituents is 1. The van der Waals surface area contributed by atoms with E-state index < -0.39 is 4.92 Å². The molecule has 1 heterocycles. The highest BCUT2D eigenvalue weighted by Crippen LogP contribution is 2.36. The van der Waals surface area contributed by atoms with Crippen molar-refractivity contribution >= 4 is 17.1 Å². The summed E-state index contributed by atoms with van der Waals surface area (Å²) in [6.07, 6.45) is 1.12. The standard InChI is InChI=1S/C14H21N3O2/c1-14(2,3)10-4-5-16(9-10)12-6-11(15)7-13(8-12)17(18)19/h6-8,10H,4-5,9,15H2,1-3H3.